The Kier molecular flexibility index (Phi) is 4.32. The lowest BCUT2D eigenvalue weighted by Crippen LogP contribution is -2.44. The normalized spacial score (nSPS) is 21.6. The molecule has 7 heteroatoms. The van der Waals surface area contributed by atoms with Crippen LogP contribution in [-0.2, 0) is 15.1 Å². The summed E-state index contributed by atoms with van der Waals surface area (Å²) in [5.41, 5.74) is -0.343. The van der Waals surface area contributed by atoms with Crippen molar-refractivity contribution in [1.29, 1.82) is 0 Å². The number of imide groups is 1. The van der Waals surface area contributed by atoms with Crippen LogP contribution in [0.15, 0.2) is 16.8 Å². The molecule has 21 heavy (non-hydrogen) atoms. The van der Waals surface area contributed by atoms with Gasteiger partial charge >= 0.3 is 6.03 Å². The molecule has 1 aromatic rings. The average Bonchev–Trinajstić information content (AvgIpc) is 3.05. The summed E-state index contributed by atoms with van der Waals surface area (Å²) in [5, 5.41) is 6.36. The first kappa shape index (κ1) is 15.5. The molecule has 1 atom stereocenters. The first-order valence-corrected chi connectivity index (χ1v) is 7.82. The molecule has 0 saturated carbocycles. The Labute approximate surface area is 127 Å². The summed E-state index contributed by atoms with van der Waals surface area (Å²) in [4.78, 5) is 39.3. The number of carbonyl (C=O) groups excluding carboxylic acids is 3. The van der Waals surface area contributed by atoms with E-state index in [1.165, 1.54) is 11.3 Å². The topological polar surface area (TPSA) is 69.7 Å². The lowest BCUT2D eigenvalue weighted by Gasteiger charge is -2.23. The second-order valence-corrected chi connectivity index (χ2v) is 5.80. The Balaban J connectivity index is 2.18. The molecule has 0 aromatic carbocycles. The van der Waals surface area contributed by atoms with E-state index in [1.54, 1.807) is 17.9 Å². The molecule has 1 aliphatic rings. The molecule has 4 amide bonds. The van der Waals surface area contributed by atoms with Crippen LogP contribution in [0.4, 0.5) is 4.79 Å². The van der Waals surface area contributed by atoms with Gasteiger partial charge in [0.1, 0.15) is 12.1 Å². The molecule has 1 fully saturated rings. The van der Waals surface area contributed by atoms with E-state index in [9.17, 15) is 14.4 Å². The number of thiophene rings is 1. The Morgan fingerprint density at radius 2 is 2.05 bits per heavy atom. The highest BCUT2D eigenvalue weighted by atomic mass is 32.1. The number of rotatable bonds is 5. The number of urea groups is 1. The molecule has 1 aliphatic heterocycles. The van der Waals surface area contributed by atoms with E-state index in [1.807, 2.05) is 24.6 Å². The number of likely N-dealkylation sites (N-methyl/N-ethyl adjacent to an activating group) is 1. The minimum absolute atomic E-state index is 0.216. The molecule has 114 valence electrons. The fourth-order valence-corrected chi connectivity index (χ4v) is 3.16. The van der Waals surface area contributed by atoms with Crippen LogP contribution in [0.5, 0.6) is 0 Å². The van der Waals surface area contributed by atoms with Gasteiger partial charge in [-0.2, -0.15) is 11.3 Å². The third kappa shape index (κ3) is 2.65. The van der Waals surface area contributed by atoms with Crippen LogP contribution in [0.25, 0.3) is 0 Å². The summed E-state index contributed by atoms with van der Waals surface area (Å²) in [6, 6.07) is 1.28. The van der Waals surface area contributed by atoms with Gasteiger partial charge in [0.15, 0.2) is 0 Å². The predicted molar refractivity (Wildman–Crippen MR) is 79.8 cm³/mol. The van der Waals surface area contributed by atoms with Crippen LogP contribution < -0.4 is 5.32 Å². The molecular weight excluding hydrogens is 290 g/mol. The molecular formula is C14H19N3O3S. The molecule has 6 nitrogen and oxygen atoms in total. The lowest BCUT2D eigenvalue weighted by molar-refractivity contribution is -0.138. The van der Waals surface area contributed by atoms with E-state index < -0.39 is 11.6 Å². The molecule has 2 heterocycles. The standard InChI is InChI=1S/C14H19N3O3S/c1-4-16(5-2)11(18)8-17-12(19)14(3,15-13(17)20)10-6-7-21-9-10/h6-7,9H,4-5,8H2,1-3H3,(H,15,20). The van der Waals surface area contributed by atoms with Gasteiger partial charge < -0.3 is 10.2 Å². The van der Waals surface area contributed by atoms with E-state index in [0.29, 0.717) is 13.1 Å². The fourth-order valence-electron chi connectivity index (χ4n) is 2.40. The highest BCUT2D eigenvalue weighted by Crippen LogP contribution is 2.30. The smallest absolute Gasteiger partial charge is 0.325 e. The van der Waals surface area contributed by atoms with Crippen LogP contribution in [0.1, 0.15) is 26.3 Å². The average molecular weight is 309 g/mol. The number of amides is 4. The molecule has 1 saturated heterocycles. The number of hydrogen-bond acceptors (Lipinski definition) is 4. The van der Waals surface area contributed by atoms with Gasteiger partial charge in [0.25, 0.3) is 5.91 Å². The number of nitrogens with one attached hydrogen (secondary N) is 1. The summed E-state index contributed by atoms with van der Waals surface area (Å²) in [7, 11) is 0. The number of carbonyl (C=O) groups is 3. The quantitative estimate of drug-likeness (QED) is 0.836. The maximum absolute atomic E-state index is 12.5. The summed E-state index contributed by atoms with van der Waals surface area (Å²) in [6.07, 6.45) is 0. The minimum atomic E-state index is -1.08. The van der Waals surface area contributed by atoms with Gasteiger partial charge in [0, 0.05) is 13.1 Å². The van der Waals surface area contributed by atoms with E-state index in [2.05, 4.69) is 5.32 Å². The zero-order chi connectivity index (χ0) is 15.6. The van der Waals surface area contributed by atoms with Gasteiger partial charge in [-0.3, -0.25) is 14.5 Å². The van der Waals surface area contributed by atoms with Crippen molar-refractivity contribution in [3.8, 4) is 0 Å². The molecule has 0 radical (unpaired) electrons. The van der Waals surface area contributed by atoms with Crippen LogP contribution in [-0.4, -0.2) is 47.3 Å². The maximum atomic E-state index is 12.5. The molecule has 0 aliphatic carbocycles. The molecule has 0 bridgehead atoms. The Morgan fingerprint density at radius 3 is 2.57 bits per heavy atom. The number of hydrogen-bond donors (Lipinski definition) is 1. The molecule has 1 N–H and O–H groups in total. The van der Waals surface area contributed by atoms with E-state index in [4.69, 9.17) is 0 Å². The zero-order valence-electron chi connectivity index (χ0n) is 12.4. The summed E-state index contributed by atoms with van der Waals surface area (Å²) in [6.45, 7) is 6.29. The molecule has 0 spiro atoms. The van der Waals surface area contributed by atoms with Crippen molar-refractivity contribution < 1.29 is 14.4 Å². The van der Waals surface area contributed by atoms with Crippen LogP contribution in [0.2, 0.25) is 0 Å². The van der Waals surface area contributed by atoms with Crippen LogP contribution in [0, 0.1) is 0 Å². The third-order valence-electron chi connectivity index (χ3n) is 3.78. The van der Waals surface area contributed by atoms with Crippen molar-refractivity contribution in [2.45, 2.75) is 26.3 Å². The molecule has 1 aromatic heterocycles. The third-order valence-corrected chi connectivity index (χ3v) is 4.47. The van der Waals surface area contributed by atoms with Gasteiger partial charge in [0.05, 0.1) is 0 Å². The van der Waals surface area contributed by atoms with Crippen molar-refractivity contribution in [3.05, 3.63) is 22.4 Å². The largest absolute Gasteiger partial charge is 0.342 e. The molecule has 2 rings (SSSR count). The Bertz CT molecular complexity index is 554. The van der Waals surface area contributed by atoms with Crippen molar-refractivity contribution >= 4 is 29.2 Å². The van der Waals surface area contributed by atoms with E-state index in [-0.39, 0.29) is 18.4 Å². The highest BCUT2D eigenvalue weighted by molar-refractivity contribution is 7.08. The second-order valence-electron chi connectivity index (χ2n) is 5.02. The second kappa shape index (κ2) is 5.85. The zero-order valence-corrected chi connectivity index (χ0v) is 13.2. The SMILES string of the molecule is CCN(CC)C(=O)CN1C(=O)NC(C)(c2ccsc2)C1=O. The summed E-state index contributed by atoms with van der Waals surface area (Å²) < 4.78 is 0. The molecule has 1 unspecified atom stereocenters. The monoisotopic (exact) mass is 309 g/mol. The van der Waals surface area contributed by atoms with Gasteiger partial charge in [-0.25, -0.2) is 4.79 Å². The minimum Gasteiger partial charge on any atom is -0.342 e. The van der Waals surface area contributed by atoms with Gasteiger partial charge in [-0.05, 0) is 43.2 Å². The Hall–Kier alpha value is -1.89. The van der Waals surface area contributed by atoms with E-state index in [0.717, 1.165) is 10.5 Å². The predicted octanol–water partition coefficient (Wildman–Crippen LogP) is 1.38. The summed E-state index contributed by atoms with van der Waals surface area (Å²) >= 11 is 1.46. The van der Waals surface area contributed by atoms with Crippen LogP contribution >= 0.6 is 11.3 Å². The number of nitrogens with zero attached hydrogens (tertiary/aromatic N) is 2. The van der Waals surface area contributed by atoms with E-state index >= 15 is 0 Å². The van der Waals surface area contributed by atoms with Crippen LogP contribution in [0.3, 0.4) is 0 Å². The van der Waals surface area contributed by atoms with Gasteiger partial charge in [-0.15, -0.1) is 0 Å². The van der Waals surface area contributed by atoms with Crippen molar-refractivity contribution in [3.63, 3.8) is 0 Å². The fraction of sp³-hybridized carbons (Fsp3) is 0.500. The Morgan fingerprint density at radius 1 is 1.38 bits per heavy atom. The van der Waals surface area contributed by atoms with Crippen molar-refractivity contribution in [2.75, 3.05) is 19.6 Å². The first-order valence-electron chi connectivity index (χ1n) is 6.88. The van der Waals surface area contributed by atoms with Crippen molar-refractivity contribution in [1.82, 2.24) is 15.1 Å². The van der Waals surface area contributed by atoms with Gasteiger partial charge in [-0.1, -0.05) is 0 Å². The van der Waals surface area contributed by atoms with Gasteiger partial charge in [0.2, 0.25) is 5.91 Å². The highest BCUT2D eigenvalue weighted by Gasteiger charge is 2.49. The maximum Gasteiger partial charge on any atom is 0.325 e. The lowest BCUT2D eigenvalue weighted by atomic mass is 9.95. The first-order chi connectivity index (χ1) is 9.93. The van der Waals surface area contributed by atoms with Crippen molar-refractivity contribution in [2.24, 2.45) is 0 Å². The summed E-state index contributed by atoms with van der Waals surface area (Å²) in [5.74, 6) is -0.607.